The van der Waals surface area contributed by atoms with E-state index in [1.807, 2.05) is 19.3 Å². The summed E-state index contributed by atoms with van der Waals surface area (Å²) in [5.74, 6) is 1.26. The average molecular weight is 354 g/mol. The minimum atomic E-state index is 0.0632. The molecular weight excluding hydrogens is 340 g/mol. The molecular formula is C10H13ClIN3O. The lowest BCUT2D eigenvalue weighted by Crippen LogP contribution is -2.48. The quantitative estimate of drug-likeness (QED) is 0.601. The Kier molecular flexibility index (Phi) is 4.21. The number of halogens is 2. The van der Waals surface area contributed by atoms with Crippen molar-refractivity contribution in [2.45, 2.75) is 19.1 Å². The summed E-state index contributed by atoms with van der Waals surface area (Å²) in [6, 6.07) is 0. The molecule has 16 heavy (non-hydrogen) atoms. The SMILES string of the molecule is CC1CN(c2ncc(I)cn2)CC(CCl)O1. The Morgan fingerprint density at radius 1 is 1.50 bits per heavy atom. The third-order valence-electron chi connectivity index (χ3n) is 2.39. The van der Waals surface area contributed by atoms with Crippen LogP contribution in [0.3, 0.4) is 0 Å². The molecule has 1 aromatic rings. The third-order valence-corrected chi connectivity index (χ3v) is 3.29. The zero-order chi connectivity index (χ0) is 11.5. The van der Waals surface area contributed by atoms with Gasteiger partial charge in [0.25, 0.3) is 0 Å². The lowest BCUT2D eigenvalue weighted by atomic mass is 10.2. The van der Waals surface area contributed by atoms with Crippen molar-refractivity contribution in [2.24, 2.45) is 0 Å². The molecule has 0 aromatic carbocycles. The summed E-state index contributed by atoms with van der Waals surface area (Å²) in [6.07, 6.45) is 3.87. The first kappa shape index (κ1) is 12.3. The van der Waals surface area contributed by atoms with Crippen LogP contribution >= 0.6 is 34.2 Å². The molecule has 1 aliphatic rings. The molecule has 4 nitrogen and oxygen atoms in total. The van der Waals surface area contributed by atoms with Gasteiger partial charge in [-0.05, 0) is 29.5 Å². The number of aromatic nitrogens is 2. The first-order valence-corrected chi connectivity index (χ1v) is 6.74. The van der Waals surface area contributed by atoms with Gasteiger partial charge < -0.3 is 9.64 Å². The van der Waals surface area contributed by atoms with Crippen LogP contribution in [0.5, 0.6) is 0 Å². The fourth-order valence-electron chi connectivity index (χ4n) is 1.76. The van der Waals surface area contributed by atoms with Gasteiger partial charge in [-0.15, -0.1) is 11.6 Å². The van der Waals surface area contributed by atoms with Gasteiger partial charge in [-0.2, -0.15) is 0 Å². The molecule has 1 aliphatic heterocycles. The second-order valence-corrected chi connectivity index (χ2v) is 5.38. The van der Waals surface area contributed by atoms with Crippen LogP contribution in [0.25, 0.3) is 0 Å². The first-order valence-electron chi connectivity index (χ1n) is 5.13. The number of alkyl halides is 1. The van der Waals surface area contributed by atoms with E-state index in [0.29, 0.717) is 5.88 Å². The summed E-state index contributed by atoms with van der Waals surface area (Å²) in [5, 5.41) is 0. The Balaban J connectivity index is 2.11. The van der Waals surface area contributed by atoms with E-state index in [9.17, 15) is 0 Å². The zero-order valence-corrected chi connectivity index (χ0v) is 11.8. The molecule has 0 N–H and O–H groups in total. The summed E-state index contributed by atoms with van der Waals surface area (Å²) in [5.41, 5.74) is 0. The maximum Gasteiger partial charge on any atom is 0.225 e. The Morgan fingerprint density at radius 2 is 2.19 bits per heavy atom. The van der Waals surface area contributed by atoms with Crippen molar-refractivity contribution in [1.29, 1.82) is 0 Å². The molecule has 2 heterocycles. The van der Waals surface area contributed by atoms with Gasteiger partial charge in [0.05, 0.1) is 18.1 Å². The number of morpholine rings is 1. The maximum absolute atomic E-state index is 5.83. The van der Waals surface area contributed by atoms with Gasteiger partial charge in [0.2, 0.25) is 5.95 Å². The minimum Gasteiger partial charge on any atom is -0.370 e. The Labute approximate surface area is 113 Å². The van der Waals surface area contributed by atoms with Crippen molar-refractivity contribution in [3.05, 3.63) is 16.0 Å². The molecule has 2 rings (SSSR count). The van der Waals surface area contributed by atoms with Gasteiger partial charge in [0, 0.05) is 29.1 Å². The van der Waals surface area contributed by atoms with E-state index < -0.39 is 0 Å². The van der Waals surface area contributed by atoms with Crippen LogP contribution in [0.4, 0.5) is 5.95 Å². The second kappa shape index (κ2) is 5.46. The first-order chi connectivity index (χ1) is 7.69. The highest BCUT2D eigenvalue weighted by molar-refractivity contribution is 14.1. The highest BCUT2D eigenvalue weighted by Gasteiger charge is 2.25. The molecule has 0 aliphatic carbocycles. The van der Waals surface area contributed by atoms with Crippen molar-refractivity contribution in [1.82, 2.24) is 9.97 Å². The fraction of sp³-hybridized carbons (Fsp3) is 0.600. The van der Waals surface area contributed by atoms with Crippen molar-refractivity contribution in [2.75, 3.05) is 23.9 Å². The van der Waals surface area contributed by atoms with Gasteiger partial charge in [-0.3, -0.25) is 0 Å². The number of rotatable bonds is 2. The van der Waals surface area contributed by atoms with Crippen molar-refractivity contribution >= 4 is 40.1 Å². The van der Waals surface area contributed by atoms with Crippen molar-refractivity contribution in [3.8, 4) is 0 Å². The monoisotopic (exact) mass is 353 g/mol. The number of ether oxygens (including phenoxy) is 1. The molecule has 2 unspecified atom stereocenters. The second-order valence-electron chi connectivity index (χ2n) is 3.83. The largest absolute Gasteiger partial charge is 0.370 e. The summed E-state index contributed by atoms with van der Waals surface area (Å²) in [7, 11) is 0. The van der Waals surface area contributed by atoms with Crippen LogP contribution in [0.15, 0.2) is 12.4 Å². The Hall–Kier alpha value is -0.140. The van der Waals surface area contributed by atoms with E-state index in [0.717, 1.165) is 22.6 Å². The summed E-state index contributed by atoms with van der Waals surface area (Å²) in [4.78, 5) is 10.7. The van der Waals surface area contributed by atoms with Crippen LogP contribution in [0, 0.1) is 3.57 Å². The predicted octanol–water partition coefficient (Wildman–Crippen LogP) is 1.91. The van der Waals surface area contributed by atoms with E-state index in [2.05, 4.69) is 37.5 Å². The van der Waals surface area contributed by atoms with Crippen LogP contribution in [-0.2, 0) is 4.74 Å². The normalized spacial score (nSPS) is 25.8. The summed E-state index contributed by atoms with van der Waals surface area (Å²) >= 11 is 8.02. The summed E-state index contributed by atoms with van der Waals surface area (Å²) in [6.45, 7) is 3.61. The standard InChI is InChI=1S/C10H13ClIN3O/c1-7-5-15(6-9(2-11)16-7)10-13-3-8(12)4-14-10/h3-4,7,9H,2,5-6H2,1H3. The molecule has 1 saturated heterocycles. The number of nitrogens with zero attached hydrogens (tertiary/aromatic N) is 3. The van der Waals surface area contributed by atoms with Gasteiger partial charge in [0.15, 0.2) is 0 Å². The van der Waals surface area contributed by atoms with Crippen LogP contribution in [-0.4, -0.2) is 41.1 Å². The lowest BCUT2D eigenvalue weighted by Gasteiger charge is -2.35. The van der Waals surface area contributed by atoms with Crippen molar-refractivity contribution < 1.29 is 4.74 Å². The van der Waals surface area contributed by atoms with Gasteiger partial charge >= 0.3 is 0 Å². The van der Waals surface area contributed by atoms with E-state index in [1.54, 1.807) is 0 Å². The molecule has 0 spiro atoms. The number of hydrogen-bond donors (Lipinski definition) is 0. The Morgan fingerprint density at radius 3 is 2.81 bits per heavy atom. The van der Waals surface area contributed by atoms with E-state index in [1.165, 1.54) is 0 Å². The van der Waals surface area contributed by atoms with Crippen LogP contribution in [0.2, 0.25) is 0 Å². The molecule has 1 aromatic heterocycles. The average Bonchev–Trinajstić information content (AvgIpc) is 2.29. The van der Waals surface area contributed by atoms with E-state index in [-0.39, 0.29) is 12.2 Å². The van der Waals surface area contributed by atoms with Crippen molar-refractivity contribution in [3.63, 3.8) is 0 Å². The Bertz CT molecular complexity index is 348. The predicted molar refractivity (Wildman–Crippen MR) is 72.0 cm³/mol. The molecule has 0 amide bonds. The zero-order valence-electron chi connectivity index (χ0n) is 8.94. The van der Waals surface area contributed by atoms with E-state index in [4.69, 9.17) is 16.3 Å². The molecule has 0 bridgehead atoms. The molecule has 88 valence electrons. The highest BCUT2D eigenvalue weighted by atomic mass is 127. The molecule has 6 heteroatoms. The van der Waals surface area contributed by atoms with Gasteiger partial charge in [0.1, 0.15) is 0 Å². The fourth-order valence-corrected chi connectivity index (χ4v) is 2.21. The third kappa shape index (κ3) is 2.95. The number of hydrogen-bond acceptors (Lipinski definition) is 4. The molecule has 0 radical (unpaired) electrons. The van der Waals surface area contributed by atoms with Gasteiger partial charge in [-0.25, -0.2) is 9.97 Å². The van der Waals surface area contributed by atoms with Crippen LogP contribution in [0.1, 0.15) is 6.92 Å². The number of anilines is 1. The summed E-state index contributed by atoms with van der Waals surface area (Å²) < 4.78 is 6.72. The molecule has 1 fully saturated rings. The maximum atomic E-state index is 5.83. The smallest absolute Gasteiger partial charge is 0.225 e. The minimum absolute atomic E-state index is 0.0632. The van der Waals surface area contributed by atoms with E-state index >= 15 is 0 Å². The molecule has 0 saturated carbocycles. The topological polar surface area (TPSA) is 38.2 Å². The van der Waals surface area contributed by atoms with Gasteiger partial charge in [-0.1, -0.05) is 0 Å². The lowest BCUT2D eigenvalue weighted by molar-refractivity contribution is -0.00383. The molecule has 2 atom stereocenters. The van der Waals surface area contributed by atoms with Crippen LogP contribution < -0.4 is 4.90 Å². The highest BCUT2D eigenvalue weighted by Crippen LogP contribution is 2.17.